The Bertz CT molecular complexity index is 1490. The second-order valence-corrected chi connectivity index (χ2v) is 9.09. The van der Waals surface area contributed by atoms with Gasteiger partial charge in [-0.3, -0.25) is 14.2 Å². The zero-order valence-electron chi connectivity index (χ0n) is 18.0. The molecule has 8 heteroatoms. The van der Waals surface area contributed by atoms with Crippen LogP contribution in [0.3, 0.4) is 0 Å². The number of Topliss-reactive ketones (excluding diaryl/α,β-unsaturated/α-hetero) is 1. The molecule has 33 heavy (non-hydrogen) atoms. The molecule has 0 unspecified atom stereocenters. The van der Waals surface area contributed by atoms with Crippen molar-refractivity contribution in [3.8, 4) is 10.6 Å². The number of hydrogen-bond acceptors (Lipinski definition) is 6. The predicted molar refractivity (Wildman–Crippen MR) is 133 cm³/mol. The zero-order chi connectivity index (χ0) is 22.9. The molecule has 0 radical (unpaired) electrons. The second kappa shape index (κ2) is 8.77. The summed E-state index contributed by atoms with van der Waals surface area (Å²) in [6.45, 7) is 3.88. The van der Waals surface area contributed by atoms with Crippen LogP contribution >= 0.6 is 22.9 Å². The molecule has 0 aliphatic carbocycles. The third-order valence-electron chi connectivity index (χ3n) is 5.41. The van der Waals surface area contributed by atoms with Gasteiger partial charge >= 0.3 is 0 Å². The smallest absolute Gasteiger partial charge is 0.187 e. The summed E-state index contributed by atoms with van der Waals surface area (Å²) in [7, 11) is 0. The number of pyridine rings is 2. The molecule has 164 valence electrons. The molecule has 5 rings (SSSR count). The number of carbonyl (C=O) groups excluding carboxylic acids is 1. The Morgan fingerprint density at radius 3 is 2.76 bits per heavy atom. The molecule has 4 heterocycles. The molecule has 4 aromatic heterocycles. The lowest BCUT2D eigenvalue weighted by molar-refractivity contribution is 0.0992. The van der Waals surface area contributed by atoms with E-state index in [2.05, 4.69) is 20.3 Å². The summed E-state index contributed by atoms with van der Waals surface area (Å²) in [6.07, 6.45) is 3.87. The van der Waals surface area contributed by atoms with Crippen LogP contribution in [0.15, 0.2) is 67.0 Å². The van der Waals surface area contributed by atoms with Gasteiger partial charge < -0.3 is 5.32 Å². The number of anilines is 2. The van der Waals surface area contributed by atoms with Crippen molar-refractivity contribution in [2.24, 2.45) is 0 Å². The Morgan fingerprint density at radius 2 is 1.91 bits per heavy atom. The first-order valence-electron chi connectivity index (χ1n) is 10.4. The van der Waals surface area contributed by atoms with Crippen LogP contribution in [0.4, 0.5) is 10.8 Å². The SMILES string of the molecule is Cc1ncccc1CC(=O)c1cccc(Nc2ncc(-c3c(C)nc4cccc(Cl)n34)s2)c1. The van der Waals surface area contributed by atoms with Crippen molar-refractivity contribution < 1.29 is 4.79 Å². The van der Waals surface area contributed by atoms with E-state index < -0.39 is 0 Å². The first kappa shape index (κ1) is 21.3. The average molecular weight is 474 g/mol. The number of benzene rings is 1. The normalized spacial score (nSPS) is 11.1. The Hall–Kier alpha value is -3.55. The maximum atomic E-state index is 12.8. The minimum Gasteiger partial charge on any atom is -0.332 e. The number of thiazole rings is 1. The number of carbonyl (C=O) groups is 1. The van der Waals surface area contributed by atoms with Crippen molar-refractivity contribution in [2.75, 3.05) is 5.32 Å². The maximum Gasteiger partial charge on any atom is 0.187 e. The van der Waals surface area contributed by atoms with Gasteiger partial charge in [-0.1, -0.05) is 47.2 Å². The number of aryl methyl sites for hydroxylation is 2. The highest BCUT2D eigenvalue weighted by molar-refractivity contribution is 7.18. The lowest BCUT2D eigenvalue weighted by Crippen LogP contribution is -2.06. The van der Waals surface area contributed by atoms with E-state index in [1.54, 1.807) is 6.20 Å². The van der Waals surface area contributed by atoms with Gasteiger partial charge in [-0.05, 0) is 49.7 Å². The van der Waals surface area contributed by atoms with Crippen molar-refractivity contribution >= 4 is 45.2 Å². The number of aromatic nitrogens is 4. The minimum atomic E-state index is 0.0468. The number of ketones is 1. The van der Waals surface area contributed by atoms with Gasteiger partial charge in [-0.25, -0.2) is 9.97 Å². The fourth-order valence-corrected chi connectivity index (χ4v) is 4.94. The van der Waals surface area contributed by atoms with E-state index in [1.807, 2.05) is 79.0 Å². The molecular weight excluding hydrogens is 454 g/mol. The third-order valence-corrected chi connectivity index (χ3v) is 6.63. The molecule has 5 aromatic rings. The van der Waals surface area contributed by atoms with Crippen molar-refractivity contribution in [3.05, 3.63) is 94.7 Å². The van der Waals surface area contributed by atoms with E-state index in [0.717, 1.165) is 44.0 Å². The summed E-state index contributed by atoms with van der Waals surface area (Å²) < 4.78 is 1.92. The molecule has 1 aromatic carbocycles. The molecule has 0 aliphatic rings. The van der Waals surface area contributed by atoms with Gasteiger partial charge in [-0.2, -0.15) is 0 Å². The molecule has 0 saturated carbocycles. The van der Waals surface area contributed by atoms with E-state index in [9.17, 15) is 4.79 Å². The van der Waals surface area contributed by atoms with Crippen molar-refractivity contribution in [2.45, 2.75) is 20.3 Å². The van der Waals surface area contributed by atoms with E-state index in [4.69, 9.17) is 11.6 Å². The number of nitrogens with one attached hydrogen (secondary N) is 1. The van der Waals surface area contributed by atoms with Crippen LogP contribution in [0.1, 0.15) is 27.3 Å². The van der Waals surface area contributed by atoms with Crippen molar-refractivity contribution in [1.29, 1.82) is 0 Å². The highest BCUT2D eigenvalue weighted by Gasteiger charge is 2.16. The summed E-state index contributed by atoms with van der Waals surface area (Å²) >= 11 is 7.94. The Morgan fingerprint density at radius 1 is 1.06 bits per heavy atom. The van der Waals surface area contributed by atoms with Crippen LogP contribution in [-0.4, -0.2) is 25.1 Å². The fourth-order valence-electron chi connectivity index (χ4n) is 3.77. The molecule has 0 amide bonds. The monoisotopic (exact) mass is 473 g/mol. The van der Waals surface area contributed by atoms with E-state index in [1.165, 1.54) is 11.3 Å². The fraction of sp³-hybridized carbons (Fsp3) is 0.120. The largest absolute Gasteiger partial charge is 0.332 e. The first-order valence-corrected chi connectivity index (χ1v) is 11.6. The molecule has 6 nitrogen and oxygen atoms in total. The van der Waals surface area contributed by atoms with Crippen LogP contribution in [0.5, 0.6) is 0 Å². The molecule has 0 spiro atoms. The molecule has 0 saturated heterocycles. The minimum absolute atomic E-state index is 0.0468. The van der Waals surface area contributed by atoms with Crippen LogP contribution in [0.25, 0.3) is 16.2 Å². The molecule has 0 atom stereocenters. The number of rotatable bonds is 6. The summed E-state index contributed by atoms with van der Waals surface area (Å²) in [5, 5.41) is 4.64. The quantitative estimate of drug-likeness (QED) is 0.231. The summed E-state index contributed by atoms with van der Waals surface area (Å²) in [5.41, 5.74) is 5.87. The highest BCUT2D eigenvalue weighted by atomic mass is 35.5. The predicted octanol–water partition coefficient (Wildman–Crippen LogP) is 6.29. The Kier molecular flexibility index (Phi) is 5.66. The van der Waals surface area contributed by atoms with E-state index >= 15 is 0 Å². The molecule has 0 bridgehead atoms. The lowest BCUT2D eigenvalue weighted by Gasteiger charge is -2.07. The first-order chi connectivity index (χ1) is 16.0. The highest BCUT2D eigenvalue weighted by Crippen LogP contribution is 2.34. The zero-order valence-corrected chi connectivity index (χ0v) is 19.6. The van der Waals surface area contributed by atoms with Crippen LogP contribution in [0.2, 0.25) is 5.15 Å². The number of halogens is 1. The van der Waals surface area contributed by atoms with E-state index in [-0.39, 0.29) is 5.78 Å². The van der Waals surface area contributed by atoms with Crippen molar-refractivity contribution in [3.63, 3.8) is 0 Å². The van der Waals surface area contributed by atoms with Gasteiger partial charge in [0.25, 0.3) is 0 Å². The van der Waals surface area contributed by atoms with Crippen LogP contribution in [0, 0.1) is 13.8 Å². The summed E-state index contributed by atoms with van der Waals surface area (Å²) in [6, 6.07) is 16.9. The molecule has 1 N–H and O–H groups in total. The summed E-state index contributed by atoms with van der Waals surface area (Å²) in [4.78, 5) is 27.2. The third kappa shape index (κ3) is 4.25. The number of nitrogens with zero attached hydrogens (tertiary/aromatic N) is 4. The number of hydrogen-bond donors (Lipinski definition) is 1. The van der Waals surface area contributed by atoms with Crippen LogP contribution in [-0.2, 0) is 6.42 Å². The number of imidazole rings is 1. The van der Waals surface area contributed by atoms with Gasteiger partial charge in [0.05, 0.1) is 16.3 Å². The van der Waals surface area contributed by atoms with Gasteiger partial charge in [0, 0.05) is 35.8 Å². The van der Waals surface area contributed by atoms with Crippen molar-refractivity contribution in [1.82, 2.24) is 19.4 Å². The molecule has 0 fully saturated rings. The van der Waals surface area contributed by atoms with Gasteiger partial charge in [0.2, 0.25) is 0 Å². The summed E-state index contributed by atoms with van der Waals surface area (Å²) in [5.74, 6) is 0.0468. The van der Waals surface area contributed by atoms with E-state index in [0.29, 0.717) is 17.1 Å². The molecule has 0 aliphatic heterocycles. The maximum absolute atomic E-state index is 12.8. The number of fused-ring (bicyclic) bond motifs is 1. The average Bonchev–Trinajstić information content (AvgIpc) is 3.39. The van der Waals surface area contributed by atoms with Gasteiger partial charge in [0.1, 0.15) is 10.8 Å². The standard InChI is InChI=1S/C25H20ClN5OS/c1-15-17(7-5-11-27-15)13-20(32)18-6-3-8-19(12-18)30-25-28-14-21(33-25)24-16(2)29-23-10-4-9-22(26)31(23)24/h3-12,14H,13H2,1-2H3,(H,28,30). The van der Waals surface area contributed by atoms with Gasteiger partial charge in [0.15, 0.2) is 10.9 Å². The molecular formula is C25H20ClN5OS. The topological polar surface area (TPSA) is 72.2 Å². The van der Waals surface area contributed by atoms with Crippen LogP contribution < -0.4 is 5.32 Å². The van der Waals surface area contributed by atoms with Gasteiger partial charge in [-0.15, -0.1) is 0 Å². The Labute approximate surface area is 199 Å². The Balaban J connectivity index is 1.38. The lowest BCUT2D eigenvalue weighted by atomic mass is 10.0. The second-order valence-electron chi connectivity index (χ2n) is 7.67.